The normalized spacial score (nSPS) is 13.8. The standard InChI is InChI=1S/C16H23NO/c1-4-6-15(5-2)17-13(3)7-8-14-9-11-16(18)12-10-14/h2,9-13,15,17-18H,4,6-8H2,1,3H3. The molecule has 0 spiro atoms. The third-order valence-electron chi connectivity index (χ3n) is 3.07. The highest BCUT2D eigenvalue weighted by atomic mass is 16.3. The van der Waals surface area contributed by atoms with E-state index in [9.17, 15) is 5.11 Å². The number of hydrogen-bond donors (Lipinski definition) is 2. The highest BCUT2D eigenvalue weighted by Crippen LogP contribution is 2.12. The van der Waals surface area contributed by atoms with Crippen molar-refractivity contribution >= 4 is 0 Å². The van der Waals surface area contributed by atoms with Gasteiger partial charge in [-0.2, -0.15) is 0 Å². The van der Waals surface area contributed by atoms with Gasteiger partial charge in [0.05, 0.1) is 6.04 Å². The first-order valence-electron chi connectivity index (χ1n) is 6.65. The van der Waals surface area contributed by atoms with Crippen LogP contribution in [0, 0.1) is 12.3 Å². The molecule has 0 saturated carbocycles. The molecule has 0 heterocycles. The minimum absolute atomic E-state index is 0.185. The Bertz CT molecular complexity index is 377. The van der Waals surface area contributed by atoms with E-state index in [2.05, 4.69) is 25.1 Å². The summed E-state index contributed by atoms with van der Waals surface area (Å²) in [6.45, 7) is 4.31. The molecule has 0 aromatic heterocycles. The van der Waals surface area contributed by atoms with Crippen LogP contribution in [0.1, 0.15) is 38.7 Å². The Kier molecular flexibility index (Phi) is 6.32. The highest BCUT2D eigenvalue weighted by Gasteiger charge is 2.08. The molecule has 0 aliphatic carbocycles. The smallest absolute Gasteiger partial charge is 0.115 e. The van der Waals surface area contributed by atoms with Crippen molar-refractivity contribution < 1.29 is 5.11 Å². The van der Waals surface area contributed by atoms with Gasteiger partial charge < -0.3 is 10.4 Å². The van der Waals surface area contributed by atoms with Crippen molar-refractivity contribution in [2.24, 2.45) is 0 Å². The Morgan fingerprint density at radius 3 is 2.50 bits per heavy atom. The van der Waals surface area contributed by atoms with Crippen LogP contribution in [-0.4, -0.2) is 17.2 Å². The third kappa shape index (κ3) is 5.25. The van der Waals surface area contributed by atoms with Gasteiger partial charge in [-0.1, -0.05) is 31.4 Å². The van der Waals surface area contributed by atoms with E-state index in [-0.39, 0.29) is 6.04 Å². The molecule has 0 radical (unpaired) electrons. The summed E-state index contributed by atoms with van der Waals surface area (Å²) in [5.41, 5.74) is 1.24. The van der Waals surface area contributed by atoms with E-state index in [0.29, 0.717) is 11.8 Å². The van der Waals surface area contributed by atoms with Crippen molar-refractivity contribution in [2.45, 2.75) is 51.6 Å². The van der Waals surface area contributed by atoms with Gasteiger partial charge in [0.1, 0.15) is 5.75 Å². The van der Waals surface area contributed by atoms with E-state index < -0.39 is 0 Å². The molecule has 0 saturated heterocycles. The lowest BCUT2D eigenvalue weighted by Crippen LogP contribution is -2.35. The monoisotopic (exact) mass is 245 g/mol. The van der Waals surface area contributed by atoms with Crippen molar-refractivity contribution in [1.82, 2.24) is 5.32 Å². The molecule has 18 heavy (non-hydrogen) atoms. The van der Waals surface area contributed by atoms with E-state index in [0.717, 1.165) is 25.7 Å². The second kappa shape index (κ2) is 7.79. The van der Waals surface area contributed by atoms with Crippen LogP contribution in [0.2, 0.25) is 0 Å². The second-order valence-electron chi connectivity index (χ2n) is 4.78. The summed E-state index contributed by atoms with van der Waals surface area (Å²) in [4.78, 5) is 0. The first kappa shape index (κ1) is 14.6. The van der Waals surface area contributed by atoms with Crippen molar-refractivity contribution in [3.8, 4) is 18.1 Å². The molecule has 0 aliphatic rings. The zero-order valence-corrected chi connectivity index (χ0v) is 11.3. The summed E-state index contributed by atoms with van der Waals surface area (Å²) < 4.78 is 0. The van der Waals surface area contributed by atoms with Crippen LogP contribution < -0.4 is 5.32 Å². The molecule has 2 nitrogen and oxygen atoms in total. The van der Waals surface area contributed by atoms with Gasteiger partial charge in [0.2, 0.25) is 0 Å². The summed E-state index contributed by atoms with van der Waals surface area (Å²) in [5, 5.41) is 12.7. The number of aromatic hydroxyl groups is 1. The van der Waals surface area contributed by atoms with Crippen LogP contribution in [0.3, 0.4) is 0 Å². The zero-order chi connectivity index (χ0) is 13.4. The number of phenols is 1. The zero-order valence-electron chi connectivity index (χ0n) is 11.3. The molecule has 98 valence electrons. The van der Waals surface area contributed by atoms with Crippen LogP contribution in [-0.2, 0) is 6.42 Å². The molecule has 2 heteroatoms. The summed E-state index contributed by atoms with van der Waals surface area (Å²) >= 11 is 0. The van der Waals surface area contributed by atoms with Gasteiger partial charge in [0, 0.05) is 6.04 Å². The van der Waals surface area contributed by atoms with Gasteiger partial charge >= 0.3 is 0 Å². The van der Waals surface area contributed by atoms with Gasteiger partial charge in [-0.15, -0.1) is 6.42 Å². The molecule has 1 aromatic carbocycles. The second-order valence-corrected chi connectivity index (χ2v) is 4.78. The molecule has 1 aromatic rings. The maximum Gasteiger partial charge on any atom is 0.115 e. The predicted molar refractivity (Wildman–Crippen MR) is 76.6 cm³/mol. The number of benzene rings is 1. The molecule has 0 fully saturated rings. The minimum Gasteiger partial charge on any atom is -0.508 e. The van der Waals surface area contributed by atoms with Crippen molar-refractivity contribution in [2.75, 3.05) is 0 Å². The topological polar surface area (TPSA) is 32.3 Å². The number of nitrogens with one attached hydrogen (secondary N) is 1. The number of aryl methyl sites for hydroxylation is 1. The summed E-state index contributed by atoms with van der Waals surface area (Å²) in [6.07, 6.45) is 9.67. The summed E-state index contributed by atoms with van der Waals surface area (Å²) in [5.74, 6) is 3.12. The van der Waals surface area contributed by atoms with Gasteiger partial charge in [0.15, 0.2) is 0 Å². The van der Waals surface area contributed by atoms with Crippen LogP contribution in [0.15, 0.2) is 24.3 Å². The fraction of sp³-hybridized carbons (Fsp3) is 0.500. The number of rotatable bonds is 7. The molecule has 0 aliphatic heterocycles. The maximum atomic E-state index is 9.21. The predicted octanol–water partition coefficient (Wildman–Crippen LogP) is 3.10. The Hall–Kier alpha value is -1.46. The molecular weight excluding hydrogens is 222 g/mol. The largest absolute Gasteiger partial charge is 0.508 e. The average Bonchev–Trinajstić information content (AvgIpc) is 2.37. The first-order chi connectivity index (χ1) is 8.65. The van der Waals surface area contributed by atoms with Crippen LogP contribution in [0.25, 0.3) is 0 Å². The van der Waals surface area contributed by atoms with E-state index in [1.165, 1.54) is 5.56 Å². The molecule has 1 rings (SSSR count). The SMILES string of the molecule is C#CC(CCC)NC(C)CCc1ccc(O)cc1. The highest BCUT2D eigenvalue weighted by molar-refractivity contribution is 5.25. The van der Waals surface area contributed by atoms with Crippen molar-refractivity contribution in [3.05, 3.63) is 29.8 Å². The first-order valence-corrected chi connectivity index (χ1v) is 6.65. The Labute approximate surface area is 110 Å². The lowest BCUT2D eigenvalue weighted by Gasteiger charge is -2.18. The molecule has 2 unspecified atom stereocenters. The Morgan fingerprint density at radius 1 is 1.28 bits per heavy atom. The number of phenolic OH excluding ortho intramolecular Hbond substituents is 1. The van der Waals surface area contributed by atoms with Gasteiger partial charge in [-0.3, -0.25) is 0 Å². The summed E-state index contributed by atoms with van der Waals surface area (Å²) in [6, 6.07) is 7.99. The molecule has 0 bridgehead atoms. The molecule has 0 amide bonds. The minimum atomic E-state index is 0.185. The number of terminal acetylenes is 1. The molecule has 2 atom stereocenters. The molecule has 2 N–H and O–H groups in total. The van der Waals surface area contributed by atoms with E-state index >= 15 is 0 Å². The van der Waals surface area contributed by atoms with Crippen molar-refractivity contribution in [1.29, 1.82) is 0 Å². The van der Waals surface area contributed by atoms with E-state index in [1.54, 1.807) is 12.1 Å². The van der Waals surface area contributed by atoms with Crippen LogP contribution in [0.5, 0.6) is 5.75 Å². The van der Waals surface area contributed by atoms with Crippen molar-refractivity contribution in [3.63, 3.8) is 0 Å². The average molecular weight is 245 g/mol. The van der Waals surface area contributed by atoms with Crippen LogP contribution in [0.4, 0.5) is 0 Å². The van der Waals surface area contributed by atoms with Crippen LogP contribution >= 0.6 is 0 Å². The third-order valence-corrected chi connectivity index (χ3v) is 3.07. The fourth-order valence-corrected chi connectivity index (χ4v) is 1.98. The Balaban J connectivity index is 2.34. The lowest BCUT2D eigenvalue weighted by molar-refractivity contribution is 0.459. The van der Waals surface area contributed by atoms with Gasteiger partial charge in [-0.05, 0) is 43.9 Å². The lowest BCUT2D eigenvalue weighted by atomic mass is 10.0. The number of hydrogen-bond acceptors (Lipinski definition) is 2. The Morgan fingerprint density at radius 2 is 1.94 bits per heavy atom. The van der Waals surface area contributed by atoms with Gasteiger partial charge in [0.25, 0.3) is 0 Å². The molecular formula is C16H23NO. The fourth-order valence-electron chi connectivity index (χ4n) is 1.98. The van der Waals surface area contributed by atoms with E-state index in [4.69, 9.17) is 6.42 Å². The summed E-state index contributed by atoms with van der Waals surface area (Å²) in [7, 11) is 0. The van der Waals surface area contributed by atoms with E-state index in [1.807, 2.05) is 12.1 Å². The maximum absolute atomic E-state index is 9.21. The quantitative estimate of drug-likeness (QED) is 0.723. The van der Waals surface area contributed by atoms with Gasteiger partial charge in [-0.25, -0.2) is 0 Å².